The Balaban J connectivity index is 1.39. The fourth-order valence-corrected chi connectivity index (χ4v) is 4.64. The Hall–Kier alpha value is -3.09. The van der Waals surface area contributed by atoms with Crippen LogP contribution in [0, 0.1) is 0 Å². The van der Waals surface area contributed by atoms with E-state index in [0.29, 0.717) is 61.6 Å². The van der Waals surface area contributed by atoms with Gasteiger partial charge in [0.1, 0.15) is 30.0 Å². The maximum absolute atomic E-state index is 12.9. The highest BCUT2D eigenvalue weighted by molar-refractivity contribution is 7.88. The Morgan fingerprint density at radius 1 is 1.00 bits per heavy atom. The fourth-order valence-electron chi connectivity index (χ4n) is 3.81. The van der Waals surface area contributed by atoms with Crippen molar-refractivity contribution >= 4 is 21.0 Å². The molecule has 1 aromatic heterocycles. The SMILES string of the molecule is CS(=O)(=O)N1CCN(CCOc2ccc3c(=O)c(-c4ccc(OC(F)(F)F)cc4)coc3c2)CC1. The molecular formula is C23H23F3N2O6S. The van der Waals surface area contributed by atoms with Gasteiger partial charge in [0.15, 0.2) is 5.43 Å². The summed E-state index contributed by atoms with van der Waals surface area (Å²) in [6.45, 7) is 3.12. The lowest BCUT2D eigenvalue weighted by Gasteiger charge is -2.33. The molecular weight excluding hydrogens is 489 g/mol. The zero-order valence-electron chi connectivity index (χ0n) is 18.7. The average Bonchev–Trinajstić information content (AvgIpc) is 2.79. The molecule has 188 valence electrons. The summed E-state index contributed by atoms with van der Waals surface area (Å²) < 4.78 is 76.9. The van der Waals surface area contributed by atoms with E-state index >= 15 is 0 Å². The van der Waals surface area contributed by atoms with Crippen LogP contribution in [0.25, 0.3) is 22.1 Å². The number of sulfonamides is 1. The zero-order chi connectivity index (χ0) is 25.2. The minimum absolute atomic E-state index is 0.206. The third-order valence-electron chi connectivity index (χ3n) is 5.62. The van der Waals surface area contributed by atoms with Crippen LogP contribution in [0.5, 0.6) is 11.5 Å². The second kappa shape index (κ2) is 9.88. The molecule has 1 aliphatic rings. The number of hydrogen-bond acceptors (Lipinski definition) is 7. The molecule has 1 aliphatic heterocycles. The number of ether oxygens (including phenoxy) is 2. The second-order valence-corrected chi connectivity index (χ2v) is 10.0. The fraction of sp³-hybridized carbons (Fsp3) is 0.348. The quantitative estimate of drug-likeness (QED) is 0.480. The Labute approximate surface area is 199 Å². The first-order valence-electron chi connectivity index (χ1n) is 10.7. The van der Waals surface area contributed by atoms with Crippen LogP contribution in [-0.4, -0.2) is 69.6 Å². The molecule has 0 unspecified atom stereocenters. The van der Waals surface area contributed by atoms with Crippen LogP contribution in [0.15, 0.2) is 57.9 Å². The molecule has 35 heavy (non-hydrogen) atoms. The molecule has 4 rings (SSSR count). The van der Waals surface area contributed by atoms with E-state index in [9.17, 15) is 26.4 Å². The van der Waals surface area contributed by atoms with E-state index in [-0.39, 0.29) is 16.7 Å². The summed E-state index contributed by atoms with van der Waals surface area (Å²) in [6.07, 6.45) is -2.33. The van der Waals surface area contributed by atoms with Gasteiger partial charge in [0.2, 0.25) is 10.0 Å². The summed E-state index contributed by atoms with van der Waals surface area (Å²) in [5.41, 5.74) is 0.588. The van der Waals surface area contributed by atoms with Gasteiger partial charge in [0.25, 0.3) is 0 Å². The number of fused-ring (bicyclic) bond motifs is 1. The Morgan fingerprint density at radius 2 is 1.66 bits per heavy atom. The Morgan fingerprint density at radius 3 is 2.29 bits per heavy atom. The van der Waals surface area contributed by atoms with Crippen LogP contribution in [0.3, 0.4) is 0 Å². The Kier molecular flexibility index (Phi) is 7.06. The van der Waals surface area contributed by atoms with Crippen molar-refractivity contribution in [1.29, 1.82) is 0 Å². The van der Waals surface area contributed by atoms with Gasteiger partial charge in [-0.05, 0) is 29.8 Å². The molecule has 0 N–H and O–H groups in total. The number of rotatable bonds is 7. The van der Waals surface area contributed by atoms with Crippen molar-refractivity contribution in [1.82, 2.24) is 9.21 Å². The van der Waals surface area contributed by atoms with Gasteiger partial charge in [-0.3, -0.25) is 9.69 Å². The topological polar surface area (TPSA) is 89.3 Å². The van der Waals surface area contributed by atoms with Crippen molar-refractivity contribution in [2.75, 3.05) is 45.6 Å². The number of piperazine rings is 1. The highest BCUT2D eigenvalue weighted by Crippen LogP contribution is 2.27. The van der Waals surface area contributed by atoms with Crippen LogP contribution in [0.1, 0.15) is 0 Å². The maximum atomic E-state index is 12.9. The number of hydrogen-bond donors (Lipinski definition) is 0. The van der Waals surface area contributed by atoms with Gasteiger partial charge >= 0.3 is 6.36 Å². The molecule has 2 heterocycles. The normalized spacial score (nSPS) is 15.9. The predicted octanol–water partition coefficient (Wildman–Crippen LogP) is 3.31. The number of alkyl halides is 3. The first-order chi connectivity index (χ1) is 16.5. The van der Waals surface area contributed by atoms with Crippen molar-refractivity contribution in [2.45, 2.75) is 6.36 Å². The van der Waals surface area contributed by atoms with Crippen LogP contribution in [0.4, 0.5) is 13.2 Å². The Bertz CT molecular complexity index is 1350. The van der Waals surface area contributed by atoms with Gasteiger partial charge in [-0.15, -0.1) is 13.2 Å². The van der Waals surface area contributed by atoms with Gasteiger partial charge in [-0.2, -0.15) is 4.31 Å². The van der Waals surface area contributed by atoms with Gasteiger partial charge in [0.05, 0.1) is 17.2 Å². The van der Waals surface area contributed by atoms with Crippen LogP contribution in [0.2, 0.25) is 0 Å². The number of halogens is 3. The standard InChI is InChI=1S/C23H23F3N2O6S/c1-35(30,31)28-10-8-27(9-11-28)12-13-32-18-6-7-19-21(14-18)33-15-20(22(19)29)16-2-4-17(5-3-16)34-23(24,25)26/h2-7,14-15H,8-13H2,1H3. The van der Waals surface area contributed by atoms with Crippen molar-refractivity contribution in [3.05, 3.63) is 59.0 Å². The molecule has 1 fully saturated rings. The summed E-state index contributed by atoms with van der Waals surface area (Å²) in [6, 6.07) is 9.78. The van der Waals surface area contributed by atoms with Crippen molar-refractivity contribution in [2.24, 2.45) is 0 Å². The van der Waals surface area contributed by atoms with E-state index in [2.05, 4.69) is 9.64 Å². The van der Waals surface area contributed by atoms with Crippen LogP contribution >= 0.6 is 0 Å². The average molecular weight is 513 g/mol. The minimum atomic E-state index is -4.80. The predicted molar refractivity (Wildman–Crippen MR) is 123 cm³/mol. The van der Waals surface area contributed by atoms with E-state index in [0.717, 1.165) is 12.1 Å². The van der Waals surface area contributed by atoms with E-state index in [1.807, 2.05) is 0 Å². The monoisotopic (exact) mass is 512 g/mol. The third-order valence-corrected chi connectivity index (χ3v) is 6.92. The lowest BCUT2D eigenvalue weighted by atomic mass is 10.1. The molecule has 0 atom stereocenters. The summed E-state index contributed by atoms with van der Waals surface area (Å²) in [5.74, 6) is 0.127. The second-order valence-electron chi connectivity index (χ2n) is 8.06. The van der Waals surface area contributed by atoms with E-state index in [1.54, 1.807) is 18.2 Å². The molecule has 0 bridgehead atoms. The smallest absolute Gasteiger partial charge is 0.492 e. The molecule has 8 nitrogen and oxygen atoms in total. The molecule has 2 aromatic carbocycles. The number of benzene rings is 2. The summed E-state index contributed by atoms with van der Waals surface area (Å²) in [7, 11) is -3.17. The highest BCUT2D eigenvalue weighted by Gasteiger charge is 2.31. The van der Waals surface area contributed by atoms with E-state index in [4.69, 9.17) is 9.15 Å². The summed E-state index contributed by atoms with van der Waals surface area (Å²) in [5, 5.41) is 0.308. The molecule has 0 amide bonds. The van der Waals surface area contributed by atoms with Crippen molar-refractivity contribution in [3.8, 4) is 22.6 Å². The van der Waals surface area contributed by atoms with E-state index in [1.165, 1.54) is 29.0 Å². The molecule has 3 aromatic rings. The minimum Gasteiger partial charge on any atom is -0.492 e. The maximum Gasteiger partial charge on any atom is 0.573 e. The van der Waals surface area contributed by atoms with Crippen LogP contribution < -0.4 is 14.9 Å². The summed E-state index contributed by atoms with van der Waals surface area (Å²) >= 11 is 0. The van der Waals surface area contributed by atoms with Crippen LogP contribution in [-0.2, 0) is 10.0 Å². The van der Waals surface area contributed by atoms with E-state index < -0.39 is 16.4 Å². The first-order valence-corrected chi connectivity index (χ1v) is 12.6. The van der Waals surface area contributed by atoms with Gasteiger partial charge in [0, 0.05) is 38.8 Å². The largest absolute Gasteiger partial charge is 0.573 e. The lowest BCUT2D eigenvalue weighted by Crippen LogP contribution is -2.49. The van der Waals surface area contributed by atoms with Gasteiger partial charge in [-0.1, -0.05) is 12.1 Å². The molecule has 0 spiro atoms. The first kappa shape index (κ1) is 25.0. The molecule has 1 saturated heterocycles. The van der Waals surface area contributed by atoms with Crippen molar-refractivity contribution < 1.29 is 35.5 Å². The number of nitrogens with zero attached hydrogens (tertiary/aromatic N) is 2. The van der Waals surface area contributed by atoms with Gasteiger partial charge in [-0.25, -0.2) is 8.42 Å². The highest BCUT2D eigenvalue weighted by atomic mass is 32.2. The zero-order valence-corrected chi connectivity index (χ0v) is 19.6. The van der Waals surface area contributed by atoms with Crippen molar-refractivity contribution in [3.63, 3.8) is 0 Å². The molecule has 0 aliphatic carbocycles. The lowest BCUT2D eigenvalue weighted by molar-refractivity contribution is -0.274. The molecule has 0 saturated carbocycles. The van der Waals surface area contributed by atoms with Gasteiger partial charge < -0.3 is 13.9 Å². The molecule has 0 radical (unpaired) electrons. The third kappa shape index (κ3) is 6.32. The molecule has 12 heteroatoms. The summed E-state index contributed by atoms with van der Waals surface area (Å²) in [4.78, 5) is 15.0.